The number of ether oxygens (including phenoxy) is 1. The smallest absolute Gasteiger partial charge is 0.303 e. The standard InChI is InChI=1S/C10H18O4.C4H10O/c11-9(12)7-5-3-1-2-4-6-8-10(13)14;1-3-5-4-2/h1-8H2,(H,11,12)(H,13,14);3-4H2,1-2H3. The van der Waals surface area contributed by atoms with Gasteiger partial charge in [-0.15, -0.1) is 0 Å². The molecule has 0 aliphatic heterocycles. The number of aliphatic carboxylic acids is 2. The summed E-state index contributed by atoms with van der Waals surface area (Å²) in [4.78, 5) is 20.3. The highest BCUT2D eigenvalue weighted by Crippen LogP contribution is 2.08. The summed E-state index contributed by atoms with van der Waals surface area (Å²) in [6.45, 7) is 5.67. The molecule has 0 unspecified atom stereocenters. The molecule has 0 aliphatic rings. The van der Waals surface area contributed by atoms with Gasteiger partial charge < -0.3 is 14.9 Å². The van der Waals surface area contributed by atoms with Crippen molar-refractivity contribution in [1.82, 2.24) is 0 Å². The molecule has 0 saturated carbocycles. The summed E-state index contributed by atoms with van der Waals surface area (Å²) in [5.41, 5.74) is 0. The number of hydrogen-bond donors (Lipinski definition) is 2. The number of carboxylic acid groups (broad SMARTS) is 2. The van der Waals surface area contributed by atoms with E-state index in [2.05, 4.69) is 0 Å². The Morgan fingerprint density at radius 3 is 1.26 bits per heavy atom. The summed E-state index contributed by atoms with van der Waals surface area (Å²) in [7, 11) is 0. The van der Waals surface area contributed by atoms with Crippen molar-refractivity contribution in [2.75, 3.05) is 13.2 Å². The lowest BCUT2D eigenvalue weighted by Gasteiger charge is -1.98. The summed E-state index contributed by atoms with van der Waals surface area (Å²) in [6.07, 6.45) is 5.82. The highest BCUT2D eigenvalue weighted by molar-refractivity contribution is 5.66. The predicted molar refractivity (Wildman–Crippen MR) is 74.4 cm³/mol. The van der Waals surface area contributed by atoms with Crippen molar-refractivity contribution >= 4 is 11.9 Å². The van der Waals surface area contributed by atoms with Gasteiger partial charge in [0.25, 0.3) is 0 Å². The van der Waals surface area contributed by atoms with Gasteiger partial charge in [-0.2, -0.15) is 0 Å². The zero-order chi connectivity index (χ0) is 14.9. The third-order valence-corrected chi connectivity index (χ3v) is 2.44. The monoisotopic (exact) mass is 276 g/mol. The molecule has 0 heterocycles. The minimum absolute atomic E-state index is 0.245. The Hall–Kier alpha value is -1.10. The maximum absolute atomic E-state index is 10.1. The second-order valence-electron chi connectivity index (χ2n) is 4.19. The van der Waals surface area contributed by atoms with Crippen molar-refractivity contribution in [3.05, 3.63) is 0 Å². The molecule has 0 aromatic carbocycles. The molecule has 0 amide bonds. The molecule has 0 rings (SSSR count). The van der Waals surface area contributed by atoms with Crippen LogP contribution in [0.15, 0.2) is 0 Å². The van der Waals surface area contributed by atoms with E-state index in [4.69, 9.17) is 14.9 Å². The molecule has 0 spiro atoms. The van der Waals surface area contributed by atoms with Crippen LogP contribution in [0.5, 0.6) is 0 Å². The van der Waals surface area contributed by atoms with E-state index in [0.717, 1.165) is 51.7 Å². The average Bonchev–Trinajstić information content (AvgIpc) is 2.33. The van der Waals surface area contributed by atoms with E-state index in [-0.39, 0.29) is 12.8 Å². The molecule has 0 aromatic heterocycles. The van der Waals surface area contributed by atoms with Crippen LogP contribution in [-0.4, -0.2) is 35.4 Å². The topological polar surface area (TPSA) is 83.8 Å². The van der Waals surface area contributed by atoms with Crippen molar-refractivity contribution in [3.8, 4) is 0 Å². The molecular weight excluding hydrogens is 248 g/mol. The van der Waals surface area contributed by atoms with Crippen molar-refractivity contribution in [2.24, 2.45) is 0 Å². The quantitative estimate of drug-likeness (QED) is 0.565. The fourth-order valence-electron chi connectivity index (χ4n) is 1.46. The highest BCUT2D eigenvalue weighted by atomic mass is 16.5. The molecule has 0 atom stereocenters. The zero-order valence-electron chi connectivity index (χ0n) is 12.2. The Labute approximate surface area is 116 Å². The van der Waals surface area contributed by atoms with Crippen LogP contribution in [0.2, 0.25) is 0 Å². The molecule has 19 heavy (non-hydrogen) atoms. The molecule has 0 saturated heterocycles. The molecule has 0 radical (unpaired) electrons. The molecule has 2 N–H and O–H groups in total. The summed E-state index contributed by atoms with van der Waals surface area (Å²) in [5.74, 6) is -1.48. The van der Waals surface area contributed by atoms with Crippen molar-refractivity contribution in [3.63, 3.8) is 0 Å². The van der Waals surface area contributed by atoms with Crippen LogP contribution in [0, 0.1) is 0 Å². The molecule has 0 aromatic rings. The number of carbonyl (C=O) groups is 2. The zero-order valence-corrected chi connectivity index (χ0v) is 12.2. The Bertz CT molecular complexity index is 194. The van der Waals surface area contributed by atoms with E-state index < -0.39 is 11.9 Å². The van der Waals surface area contributed by atoms with Gasteiger partial charge >= 0.3 is 11.9 Å². The van der Waals surface area contributed by atoms with Gasteiger partial charge in [0, 0.05) is 26.1 Å². The van der Waals surface area contributed by atoms with Gasteiger partial charge in [0.15, 0.2) is 0 Å². The van der Waals surface area contributed by atoms with Crippen LogP contribution in [-0.2, 0) is 14.3 Å². The van der Waals surface area contributed by atoms with Crippen molar-refractivity contribution in [1.29, 1.82) is 0 Å². The van der Waals surface area contributed by atoms with E-state index in [0.29, 0.717) is 0 Å². The van der Waals surface area contributed by atoms with Crippen LogP contribution >= 0.6 is 0 Å². The first-order valence-electron chi connectivity index (χ1n) is 7.05. The summed E-state index contributed by atoms with van der Waals surface area (Å²) >= 11 is 0. The van der Waals surface area contributed by atoms with Crippen LogP contribution in [0.3, 0.4) is 0 Å². The van der Waals surface area contributed by atoms with Gasteiger partial charge in [0.2, 0.25) is 0 Å². The van der Waals surface area contributed by atoms with E-state index in [1.54, 1.807) is 0 Å². The van der Waals surface area contributed by atoms with Crippen LogP contribution < -0.4 is 0 Å². The minimum atomic E-state index is -0.740. The normalized spacial score (nSPS) is 9.58. The highest BCUT2D eigenvalue weighted by Gasteiger charge is 1.98. The van der Waals surface area contributed by atoms with Crippen LogP contribution in [0.4, 0.5) is 0 Å². The Morgan fingerprint density at radius 2 is 1.05 bits per heavy atom. The van der Waals surface area contributed by atoms with Gasteiger partial charge in [-0.1, -0.05) is 25.7 Å². The van der Waals surface area contributed by atoms with E-state index in [9.17, 15) is 9.59 Å². The number of unbranched alkanes of at least 4 members (excludes halogenated alkanes) is 5. The first-order chi connectivity index (χ1) is 9.04. The maximum Gasteiger partial charge on any atom is 0.303 e. The molecule has 0 fully saturated rings. The molecule has 0 bridgehead atoms. The lowest BCUT2D eigenvalue weighted by molar-refractivity contribution is -0.138. The van der Waals surface area contributed by atoms with Crippen molar-refractivity contribution < 1.29 is 24.5 Å². The lowest BCUT2D eigenvalue weighted by atomic mass is 10.1. The Kier molecular flexibility index (Phi) is 18.0. The number of hydrogen-bond acceptors (Lipinski definition) is 3. The van der Waals surface area contributed by atoms with Crippen LogP contribution in [0.25, 0.3) is 0 Å². The van der Waals surface area contributed by atoms with Crippen molar-refractivity contribution in [2.45, 2.75) is 65.2 Å². The minimum Gasteiger partial charge on any atom is -0.481 e. The molecule has 114 valence electrons. The van der Waals surface area contributed by atoms with Gasteiger partial charge in [-0.3, -0.25) is 9.59 Å². The Morgan fingerprint density at radius 1 is 0.737 bits per heavy atom. The second-order valence-corrected chi connectivity index (χ2v) is 4.19. The maximum atomic E-state index is 10.1. The lowest BCUT2D eigenvalue weighted by Crippen LogP contribution is -1.94. The molecule has 5 nitrogen and oxygen atoms in total. The summed E-state index contributed by atoms with van der Waals surface area (Å²) in [6, 6.07) is 0. The molecule has 0 aliphatic carbocycles. The fraction of sp³-hybridized carbons (Fsp3) is 0.857. The van der Waals surface area contributed by atoms with E-state index in [1.165, 1.54) is 0 Å². The largest absolute Gasteiger partial charge is 0.481 e. The number of carboxylic acids is 2. The third kappa shape index (κ3) is 26.5. The van der Waals surface area contributed by atoms with Crippen LogP contribution in [0.1, 0.15) is 65.2 Å². The van der Waals surface area contributed by atoms with E-state index in [1.807, 2.05) is 13.8 Å². The van der Waals surface area contributed by atoms with E-state index >= 15 is 0 Å². The summed E-state index contributed by atoms with van der Waals surface area (Å²) < 4.78 is 4.83. The first kappa shape index (κ1) is 20.2. The fourth-order valence-corrected chi connectivity index (χ4v) is 1.46. The van der Waals surface area contributed by atoms with Gasteiger partial charge in [0.1, 0.15) is 0 Å². The Balaban J connectivity index is 0. The SMILES string of the molecule is CCOCC.O=C(O)CCCCCCCCC(=O)O. The summed E-state index contributed by atoms with van der Waals surface area (Å²) in [5, 5.41) is 16.7. The first-order valence-corrected chi connectivity index (χ1v) is 7.05. The average molecular weight is 276 g/mol. The van der Waals surface area contributed by atoms with Gasteiger partial charge in [-0.05, 0) is 26.7 Å². The molecular formula is C14H28O5. The number of rotatable bonds is 11. The second kappa shape index (κ2) is 16.9. The van der Waals surface area contributed by atoms with Gasteiger partial charge in [-0.25, -0.2) is 0 Å². The third-order valence-electron chi connectivity index (χ3n) is 2.44. The van der Waals surface area contributed by atoms with Gasteiger partial charge in [0.05, 0.1) is 0 Å². The molecule has 5 heteroatoms. The predicted octanol–water partition coefficient (Wildman–Crippen LogP) is 3.32.